The van der Waals surface area contributed by atoms with E-state index in [1.807, 2.05) is 72.5 Å². The van der Waals surface area contributed by atoms with Crippen molar-refractivity contribution in [1.82, 2.24) is 21.5 Å². The summed E-state index contributed by atoms with van der Waals surface area (Å²) in [5, 5.41) is 5.67. The molecule has 11 nitrogen and oxygen atoms in total. The highest BCUT2D eigenvalue weighted by atomic mass is 16.6. The first-order valence-corrected chi connectivity index (χ1v) is 12.6. The van der Waals surface area contributed by atoms with E-state index in [1.165, 1.54) is 0 Å². The van der Waals surface area contributed by atoms with Crippen LogP contribution in [0, 0.1) is 6.92 Å². The molecule has 1 rings (SSSR count). The molecule has 0 aliphatic heterocycles. The van der Waals surface area contributed by atoms with Gasteiger partial charge in [-0.1, -0.05) is 6.07 Å². The van der Waals surface area contributed by atoms with E-state index in [9.17, 15) is 19.2 Å². The number of carbonyl (C=O) groups excluding carboxylic acids is 4. The standard InChI is InChI=1S/C14H27N3O3.C12H17N3O2/c1-6-15-12(18)8-7-9-13(19)20-14(16-10(2)3)17-11(4)5;1-4-15(3)10-6-5-9(2)11(7-10)12(17)14-13-8-16/h10-11H,6-9H2,1-5H3,(H,15,18)(H,16,17);5-8H,4H2,1-3H3,(H,13,16)(H,14,17). The molecule has 0 spiro atoms. The number of hydrogen-bond acceptors (Lipinski definition) is 7. The van der Waals surface area contributed by atoms with Gasteiger partial charge in [-0.3, -0.25) is 30.0 Å². The van der Waals surface area contributed by atoms with E-state index in [-0.39, 0.29) is 42.3 Å². The molecular formula is C26H44N6O5. The Balaban J connectivity index is 0.000000708. The summed E-state index contributed by atoms with van der Waals surface area (Å²) < 4.78 is 5.18. The number of carbonyl (C=O) groups is 4. The number of aliphatic imine (C=N–C) groups is 1. The lowest BCUT2D eigenvalue weighted by Crippen LogP contribution is -2.36. The molecule has 0 fully saturated rings. The minimum atomic E-state index is -0.373. The van der Waals surface area contributed by atoms with E-state index in [0.29, 0.717) is 31.4 Å². The average Bonchev–Trinajstić information content (AvgIpc) is 2.82. The van der Waals surface area contributed by atoms with Gasteiger partial charge in [-0.15, -0.1) is 0 Å². The van der Waals surface area contributed by atoms with Crippen LogP contribution in [0.15, 0.2) is 23.2 Å². The second-order valence-corrected chi connectivity index (χ2v) is 8.84. The number of nitrogens with one attached hydrogen (secondary N) is 4. The molecule has 0 saturated carbocycles. The van der Waals surface area contributed by atoms with Crippen molar-refractivity contribution >= 4 is 35.9 Å². The van der Waals surface area contributed by atoms with E-state index in [0.717, 1.165) is 17.8 Å². The molecule has 0 radical (unpaired) electrons. The monoisotopic (exact) mass is 520 g/mol. The molecule has 3 amide bonds. The molecule has 0 heterocycles. The number of hydrogen-bond donors (Lipinski definition) is 4. The molecule has 37 heavy (non-hydrogen) atoms. The van der Waals surface area contributed by atoms with E-state index in [1.54, 1.807) is 6.07 Å². The summed E-state index contributed by atoms with van der Waals surface area (Å²) in [7, 11) is 1.95. The van der Waals surface area contributed by atoms with Crippen LogP contribution >= 0.6 is 0 Å². The molecule has 1 aromatic carbocycles. The number of amides is 3. The second kappa shape index (κ2) is 18.6. The molecule has 0 aliphatic carbocycles. The van der Waals surface area contributed by atoms with Crippen molar-refractivity contribution in [2.24, 2.45) is 4.99 Å². The van der Waals surface area contributed by atoms with Crippen molar-refractivity contribution in [3.63, 3.8) is 0 Å². The maximum absolute atomic E-state index is 11.7. The molecule has 1 aromatic rings. The van der Waals surface area contributed by atoms with Gasteiger partial charge in [0.2, 0.25) is 12.3 Å². The van der Waals surface area contributed by atoms with Crippen LogP contribution in [0.3, 0.4) is 0 Å². The summed E-state index contributed by atoms with van der Waals surface area (Å²) in [4.78, 5) is 51.0. The van der Waals surface area contributed by atoms with Crippen molar-refractivity contribution in [3.05, 3.63) is 29.3 Å². The molecule has 11 heteroatoms. The third kappa shape index (κ3) is 15.2. The number of anilines is 1. The highest BCUT2D eigenvalue weighted by Crippen LogP contribution is 2.18. The van der Waals surface area contributed by atoms with Crippen LogP contribution in [-0.4, -0.2) is 62.4 Å². The highest BCUT2D eigenvalue weighted by Gasteiger charge is 2.12. The Morgan fingerprint density at radius 3 is 2.32 bits per heavy atom. The van der Waals surface area contributed by atoms with Gasteiger partial charge in [-0.05, 0) is 72.6 Å². The molecule has 0 aliphatic rings. The highest BCUT2D eigenvalue weighted by molar-refractivity contribution is 5.96. The fraction of sp³-hybridized carbons (Fsp3) is 0.577. The van der Waals surface area contributed by atoms with Gasteiger partial charge in [-0.25, -0.2) is 4.99 Å². The summed E-state index contributed by atoms with van der Waals surface area (Å²) >= 11 is 0. The predicted octanol–water partition coefficient (Wildman–Crippen LogP) is 2.44. The van der Waals surface area contributed by atoms with Crippen molar-refractivity contribution in [3.8, 4) is 0 Å². The normalized spacial score (nSPS) is 10.7. The van der Waals surface area contributed by atoms with Gasteiger partial charge >= 0.3 is 5.97 Å². The van der Waals surface area contributed by atoms with Gasteiger partial charge in [-0.2, -0.15) is 0 Å². The fourth-order valence-corrected chi connectivity index (χ4v) is 2.85. The van der Waals surface area contributed by atoms with Gasteiger partial charge in [0, 0.05) is 56.3 Å². The van der Waals surface area contributed by atoms with Gasteiger partial charge in [0.05, 0.1) is 0 Å². The summed E-state index contributed by atoms with van der Waals surface area (Å²) in [6.07, 6.45) is 1.43. The Morgan fingerprint density at radius 2 is 1.78 bits per heavy atom. The zero-order valence-corrected chi connectivity index (χ0v) is 23.4. The predicted molar refractivity (Wildman–Crippen MR) is 146 cm³/mol. The van der Waals surface area contributed by atoms with Crippen LogP contribution in [0.4, 0.5) is 5.69 Å². The number of ether oxygens (including phenoxy) is 1. The number of rotatable bonds is 12. The second-order valence-electron chi connectivity index (χ2n) is 8.84. The zero-order valence-electron chi connectivity index (χ0n) is 23.4. The fourth-order valence-electron chi connectivity index (χ4n) is 2.85. The number of aryl methyl sites for hydroxylation is 1. The van der Waals surface area contributed by atoms with Crippen molar-refractivity contribution in [1.29, 1.82) is 0 Å². The largest absolute Gasteiger partial charge is 0.393 e. The molecule has 0 unspecified atom stereocenters. The Hall–Kier alpha value is -3.63. The summed E-state index contributed by atoms with van der Waals surface area (Å²) in [5.74, 6) is -0.737. The van der Waals surface area contributed by atoms with Crippen LogP contribution in [0.2, 0.25) is 0 Å². The van der Waals surface area contributed by atoms with Crippen molar-refractivity contribution in [2.45, 2.75) is 79.8 Å². The van der Waals surface area contributed by atoms with Gasteiger partial charge in [0.15, 0.2) is 0 Å². The Bertz CT molecular complexity index is 901. The van der Waals surface area contributed by atoms with Crippen molar-refractivity contribution < 1.29 is 23.9 Å². The number of nitrogens with zero attached hydrogens (tertiary/aromatic N) is 2. The zero-order chi connectivity index (χ0) is 28.4. The summed E-state index contributed by atoms with van der Waals surface area (Å²) in [6, 6.07) is 6.08. The summed E-state index contributed by atoms with van der Waals surface area (Å²) in [6.45, 7) is 14.9. The molecular weight excluding hydrogens is 476 g/mol. The lowest BCUT2D eigenvalue weighted by Gasteiger charge is -2.18. The molecule has 0 aromatic heterocycles. The minimum Gasteiger partial charge on any atom is -0.393 e. The Kier molecular flexibility index (Phi) is 16.8. The van der Waals surface area contributed by atoms with Crippen LogP contribution < -0.4 is 26.4 Å². The average molecular weight is 521 g/mol. The van der Waals surface area contributed by atoms with E-state index in [4.69, 9.17) is 4.74 Å². The van der Waals surface area contributed by atoms with Crippen LogP contribution in [-0.2, 0) is 19.1 Å². The molecule has 0 bridgehead atoms. The number of hydrazine groups is 1. The maximum atomic E-state index is 11.7. The van der Waals surface area contributed by atoms with Crippen LogP contribution in [0.5, 0.6) is 0 Å². The first kappa shape index (κ1) is 33.4. The number of amidine groups is 1. The molecule has 208 valence electrons. The van der Waals surface area contributed by atoms with Gasteiger partial charge in [0.25, 0.3) is 11.9 Å². The Morgan fingerprint density at radius 1 is 1.11 bits per heavy atom. The van der Waals surface area contributed by atoms with Crippen molar-refractivity contribution in [2.75, 3.05) is 25.0 Å². The van der Waals surface area contributed by atoms with E-state index in [2.05, 4.69) is 26.5 Å². The molecule has 0 saturated heterocycles. The first-order chi connectivity index (χ1) is 17.4. The smallest absolute Gasteiger partial charge is 0.313 e. The minimum absolute atomic E-state index is 0.0411. The van der Waals surface area contributed by atoms with Crippen LogP contribution in [0.1, 0.15) is 76.7 Å². The SMILES string of the molecule is CCN(C)c1ccc(C)c(C(=O)NNC=O)c1.CCNC(=O)CCCC(=O)OC(=NC(C)C)NC(C)C. The quantitative estimate of drug-likeness (QED) is 0.109. The molecule has 4 N–H and O–H groups in total. The van der Waals surface area contributed by atoms with Crippen LogP contribution in [0.25, 0.3) is 0 Å². The first-order valence-electron chi connectivity index (χ1n) is 12.6. The lowest BCUT2D eigenvalue weighted by molar-refractivity contribution is -0.136. The maximum Gasteiger partial charge on any atom is 0.313 e. The topological polar surface area (TPSA) is 141 Å². The van der Waals surface area contributed by atoms with Gasteiger partial charge in [0.1, 0.15) is 0 Å². The summed E-state index contributed by atoms with van der Waals surface area (Å²) in [5.41, 5.74) is 6.83. The van der Waals surface area contributed by atoms with E-state index >= 15 is 0 Å². The van der Waals surface area contributed by atoms with Gasteiger partial charge < -0.3 is 20.3 Å². The number of benzene rings is 1. The van der Waals surface area contributed by atoms with E-state index < -0.39 is 0 Å². The molecule has 0 atom stereocenters. The lowest BCUT2D eigenvalue weighted by atomic mass is 10.1. The Labute approximate surface area is 220 Å². The third-order valence-electron chi connectivity index (χ3n) is 4.78. The number of esters is 1. The third-order valence-corrected chi connectivity index (χ3v) is 4.78.